The molecule has 1 aliphatic rings. The van der Waals surface area contributed by atoms with Crippen LogP contribution in [0.5, 0.6) is 0 Å². The largest absolute Gasteiger partial charge is 0.340 e. The van der Waals surface area contributed by atoms with Crippen molar-refractivity contribution in [3.63, 3.8) is 0 Å². The minimum Gasteiger partial charge on any atom is -0.340 e. The third-order valence-corrected chi connectivity index (χ3v) is 3.27. The van der Waals surface area contributed by atoms with Crippen LogP contribution in [0.2, 0.25) is 0 Å². The van der Waals surface area contributed by atoms with E-state index in [4.69, 9.17) is 0 Å². The summed E-state index contributed by atoms with van der Waals surface area (Å²) in [5.41, 5.74) is 1.07. The summed E-state index contributed by atoms with van der Waals surface area (Å²) in [4.78, 5) is 18.2. The first-order chi connectivity index (χ1) is 8.75. The molecular formula is C14H21N3O. The minimum absolute atomic E-state index is 0.277. The van der Waals surface area contributed by atoms with Gasteiger partial charge in [0.15, 0.2) is 0 Å². The maximum atomic E-state index is 12.0. The lowest BCUT2D eigenvalue weighted by molar-refractivity contribution is -0.132. The highest BCUT2D eigenvalue weighted by atomic mass is 16.2. The lowest BCUT2D eigenvalue weighted by Gasteiger charge is -2.32. The number of nitrogens with zero attached hydrogens (tertiary/aromatic N) is 2. The predicted octanol–water partition coefficient (Wildman–Crippen LogP) is 1.22. The Bertz CT molecular complexity index is 380. The third-order valence-electron chi connectivity index (χ3n) is 3.27. The van der Waals surface area contributed by atoms with E-state index in [1.54, 1.807) is 6.20 Å². The predicted molar refractivity (Wildman–Crippen MR) is 71.2 cm³/mol. The van der Waals surface area contributed by atoms with Crippen LogP contribution in [0.3, 0.4) is 0 Å². The van der Waals surface area contributed by atoms with E-state index in [1.807, 2.05) is 23.1 Å². The lowest BCUT2D eigenvalue weighted by Crippen LogP contribution is -2.51. The molecule has 0 spiro atoms. The van der Waals surface area contributed by atoms with Crippen molar-refractivity contribution in [2.24, 2.45) is 0 Å². The summed E-state index contributed by atoms with van der Waals surface area (Å²) in [5.74, 6) is 0.277. The highest BCUT2D eigenvalue weighted by molar-refractivity contribution is 5.76. The first-order valence-electron chi connectivity index (χ1n) is 6.67. The molecule has 1 atom stereocenters. The monoisotopic (exact) mass is 247 g/mol. The Morgan fingerprint density at radius 1 is 1.56 bits per heavy atom. The second-order valence-electron chi connectivity index (χ2n) is 4.87. The van der Waals surface area contributed by atoms with Crippen LogP contribution in [-0.2, 0) is 11.2 Å². The van der Waals surface area contributed by atoms with Gasteiger partial charge in [-0.25, -0.2) is 0 Å². The van der Waals surface area contributed by atoms with Crippen molar-refractivity contribution < 1.29 is 4.79 Å². The van der Waals surface area contributed by atoms with Crippen molar-refractivity contribution in [3.8, 4) is 0 Å². The normalized spacial score (nSPS) is 19.8. The number of amides is 1. The van der Waals surface area contributed by atoms with Crippen LogP contribution in [0.15, 0.2) is 24.4 Å². The van der Waals surface area contributed by atoms with Gasteiger partial charge < -0.3 is 10.2 Å². The molecule has 0 unspecified atom stereocenters. The molecule has 18 heavy (non-hydrogen) atoms. The molecule has 4 nitrogen and oxygen atoms in total. The van der Waals surface area contributed by atoms with E-state index in [0.29, 0.717) is 12.5 Å². The number of aromatic nitrogens is 1. The summed E-state index contributed by atoms with van der Waals surface area (Å²) in [6, 6.07) is 6.33. The quantitative estimate of drug-likeness (QED) is 0.870. The van der Waals surface area contributed by atoms with Gasteiger partial charge in [-0.3, -0.25) is 9.78 Å². The van der Waals surface area contributed by atoms with Crippen molar-refractivity contribution in [2.45, 2.75) is 32.2 Å². The average molecular weight is 247 g/mol. The van der Waals surface area contributed by atoms with Gasteiger partial charge in [-0.2, -0.15) is 0 Å². The van der Waals surface area contributed by atoms with Gasteiger partial charge in [0.1, 0.15) is 0 Å². The molecule has 1 fully saturated rings. The van der Waals surface area contributed by atoms with E-state index < -0.39 is 0 Å². The van der Waals surface area contributed by atoms with Crippen molar-refractivity contribution in [2.75, 3.05) is 19.6 Å². The number of nitrogens with one attached hydrogen (secondary N) is 1. The van der Waals surface area contributed by atoms with E-state index in [-0.39, 0.29) is 5.91 Å². The SMILES string of the molecule is C[C@@H]1CN(C(=O)CCCc2ccccn2)CCN1. The van der Waals surface area contributed by atoms with Crippen LogP contribution < -0.4 is 5.32 Å². The molecule has 2 heterocycles. The molecule has 1 aliphatic heterocycles. The highest BCUT2D eigenvalue weighted by Crippen LogP contribution is 2.06. The number of rotatable bonds is 4. The maximum absolute atomic E-state index is 12.0. The number of carbonyl (C=O) groups excluding carboxylic acids is 1. The van der Waals surface area contributed by atoms with Crippen molar-refractivity contribution in [1.29, 1.82) is 0 Å². The van der Waals surface area contributed by atoms with Crippen LogP contribution in [0, 0.1) is 0 Å². The Morgan fingerprint density at radius 3 is 3.17 bits per heavy atom. The van der Waals surface area contributed by atoms with Gasteiger partial charge in [-0.15, -0.1) is 0 Å². The second-order valence-corrected chi connectivity index (χ2v) is 4.87. The molecule has 1 saturated heterocycles. The molecule has 1 aromatic rings. The van der Waals surface area contributed by atoms with Crippen LogP contribution in [-0.4, -0.2) is 41.5 Å². The van der Waals surface area contributed by atoms with Gasteiger partial charge in [0.25, 0.3) is 0 Å². The highest BCUT2D eigenvalue weighted by Gasteiger charge is 2.19. The molecule has 1 aromatic heterocycles. The van der Waals surface area contributed by atoms with Crippen LogP contribution in [0.25, 0.3) is 0 Å². The summed E-state index contributed by atoms with van der Waals surface area (Å²) in [5, 5.41) is 3.34. The zero-order valence-corrected chi connectivity index (χ0v) is 10.9. The minimum atomic E-state index is 0.277. The molecule has 98 valence electrons. The van der Waals surface area contributed by atoms with Crippen LogP contribution in [0.1, 0.15) is 25.5 Å². The average Bonchev–Trinajstić information content (AvgIpc) is 2.40. The Morgan fingerprint density at radius 2 is 2.44 bits per heavy atom. The van der Waals surface area contributed by atoms with E-state index in [1.165, 1.54) is 0 Å². The van der Waals surface area contributed by atoms with Gasteiger partial charge in [0.05, 0.1) is 0 Å². The number of pyridine rings is 1. The molecular weight excluding hydrogens is 226 g/mol. The second kappa shape index (κ2) is 6.50. The third kappa shape index (κ3) is 3.81. The first kappa shape index (κ1) is 13.0. The van der Waals surface area contributed by atoms with Gasteiger partial charge in [0, 0.05) is 44.0 Å². The number of hydrogen-bond donors (Lipinski definition) is 1. The fourth-order valence-corrected chi connectivity index (χ4v) is 2.28. The van der Waals surface area contributed by atoms with Crippen LogP contribution in [0.4, 0.5) is 0 Å². The molecule has 2 rings (SSSR count). The van der Waals surface area contributed by atoms with Crippen molar-refractivity contribution in [1.82, 2.24) is 15.2 Å². The Balaban J connectivity index is 1.71. The number of carbonyl (C=O) groups is 1. The molecule has 0 radical (unpaired) electrons. The van der Waals surface area contributed by atoms with Gasteiger partial charge in [-0.1, -0.05) is 6.07 Å². The Labute approximate surface area is 108 Å². The summed E-state index contributed by atoms with van der Waals surface area (Å²) in [6.07, 6.45) is 4.20. The molecule has 0 bridgehead atoms. The standard InChI is InChI=1S/C14H21N3O/c1-12-11-17(10-9-15-12)14(18)7-4-6-13-5-2-3-8-16-13/h2-3,5,8,12,15H,4,6-7,9-11H2,1H3/t12-/m1/s1. The Kier molecular flexibility index (Phi) is 4.70. The summed E-state index contributed by atoms with van der Waals surface area (Å²) in [7, 11) is 0. The molecule has 1 amide bonds. The lowest BCUT2D eigenvalue weighted by atomic mass is 10.1. The van der Waals surface area contributed by atoms with E-state index in [9.17, 15) is 4.79 Å². The van der Waals surface area contributed by atoms with Gasteiger partial charge in [-0.05, 0) is 31.9 Å². The van der Waals surface area contributed by atoms with Crippen LogP contribution >= 0.6 is 0 Å². The van der Waals surface area contributed by atoms with Crippen molar-refractivity contribution in [3.05, 3.63) is 30.1 Å². The smallest absolute Gasteiger partial charge is 0.222 e. The zero-order valence-electron chi connectivity index (χ0n) is 10.9. The maximum Gasteiger partial charge on any atom is 0.222 e. The fourth-order valence-electron chi connectivity index (χ4n) is 2.28. The molecule has 4 heteroatoms. The summed E-state index contributed by atoms with van der Waals surface area (Å²) in [6.45, 7) is 4.70. The van der Waals surface area contributed by atoms with Crippen molar-refractivity contribution >= 4 is 5.91 Å². The number of hydrogen-bond acceptors (Lipinski definition) is 3. The van der Waals surface area contributed by atoms with E-state index >= 15 is 0 Å². The molecule has 0 saturated carbocycles. The van der Waals surface area contributed by atoms with E-state index in [2.05, 4.69) is 17.2 Å². The topological polar surface area (TPSA) is 45.2 Å². The number of aryl methyl sites for hydroxylation is 1. The van der Waals surface area contributed by atoms with Gasteiger partial charge >= 0.3 is 0 Å². The molecule has 1 N–H and O–H groups in total. The Hall–Kier alpha value is -1.42. The molecule has 0 aliphatic carbocycles. The zero-order chi connectivity index (χ0) is 12.8. The fraction of sp³-hybridized carbons (Fsp3) is 0.571. The first-order valence-corrected chi connectivity index (χ1v) is 6.67. The van der Waals surface area contributed by atoms with Gasteiger partial charge in [0.2, 0.25) is 5.91 Å². The molecule has 0 aromatic carbocycles. The number of piperazine rings is 1. The summed E-state index contributed by atoms with van der Waals surface area (Å²) >= 11 is 0. The summed E-state index contributed by atoms with van der Waals surface area (Å²) < 4.78 is 0. The van der Waals surface area contributed by atoms with E-state index in [0.717, 1.165) is 38.2 Å².